The van der Waals surface area contributed by atoms with Crippen molar-refractivity contribution in [3.63, 3.8) is 0 Å². The number of benzene rings is 1. The third-order valence-corrected chi connectivity index (χ3v) is 3.38. The minimum Gasteiger partial charge on any atom is -0.445 e. The molecule has 110 valence electrons. The van der Waals surface area contributed by atoms with Gasteiger partial charge < -0.3 is 20.1 Å². The number of amides is 1. The Morgan fingerprint density at radius 2 is 1.95 bits per heavy atom. The summed E-state index contributed by atoms with van der Waals surface area (Å²) in [5.74, 6) is 0. The van der Waals surface area contributed by atoms with Crippen molar-refractivity contribution in [3.8, 4) is 0 Å². The van der Waals surface area contributed by atoms with Crippen LogP contribution in [-0.4, -0.2) is 43.3 Å². The van der Waals surface area contributed by atoms with E-state index in [1.165, 1.54) is 0 Å². The van der Waals surface area contributed by atoms with Gasteiger partial charge in [-0.05, 0) is 18.4 Å². The van der Waals surface area contributed by atoms with Crippen LogP contribution in [0.25, 0.3) is 0 Å². The number of rotatable bonds is 5. The molecular formula is C15H22N2O3. The van der Waals surface area contributed by atoms with E-state index in [-0.39, 0.29) is 12.2 Å². The molecule has 0 aromatic heterocycles. The molecule has 1 aliphatic heterocycles. The molecule has 5 heteroatoms. The van der Waals surface area contributed by atoms with Crippen molar-refractivity contribution in [1.82, 2.24) is 4.90 Å². The number of hydrogen-bond donors (Lipinski definition) is 1. The van der Waals surface area contributed by atoms with Crippen molar-refractivity contribution in [2.75, 3.05) is 26.2 Å². The highest BCUT2D eigenvalue weighted by atomic mass is 16.6. The lowest BCUT2D eigenvalue weighted by atomic mass is 10.1. The second kappa shape index (κ2) is 7.87. The van der Waals surface area contributed by atoms with E-state index in [2.05, 4.69) is 0 Å². The SMILES string of the molecule is NCCOC1CCN(C(=O)OCc2ccccc2)CC1. The highest BCUT2D eigenvalue weighted by Crippen LogP contribution is 2.15. The molecule has 1 aliphatic rings. The number of carbonyl (C=O) groups is 1. The van der Waals surface area contributed by atoms with E-state index in [0.717, 1.165) is 18.4 Å². The molecule has 0 spiro atoms. The average molecular weight is 278 g/mol. The molecule has 1 amide bonds. The largest absolute Gasteiger partial charge is 0.445 e. The summed E-state index contributed by atoms with van der Waals surface area (Å²) in [6.45, 7) is 2.82. The van der Waals surface area contributed by atoms with Crippen LogP contribution in [0.4, 0.5) is 4.79 Å². The summed E-state index contributed by atoms with van der Waals surface area (Å²) in [6, 6.07) is 9.70. The Labute approximate surface area is 119 Å². The first-order valence-electron chi connectivity index (χ1n) is 7.07. The molecule has 1 heterocycles. The highest BCUT2D eigenvalue weighted by Gasteiger charge is 2.23. The van der Waals surface area contributed by atoms with Crippen molar-refractivity contribution < 1.29 is 14.3 Å². The summed E-state index contributed by atoms with van der Waals surface area (Å²) in [5.41, 5.74) is 6.41. The Bertz CT molecular complexity index is 403. The van der Waals surface area contributed by atoms with E-state index in [1.54, 1.807) is 4.90 Å². The van der Waals surface area contributed by atoms with Crippen molar-refractivity contribution in [2.45, 2.75) is 25.6 Å². The number of ether oxygens (including phenoxy) is 2. The lowest BCUT2D eigenvalue weighted by molar-refractivity contribution is 0.00832. The van der Waals surface area contributed by atoms with Crippen LogP contribution in [0.5, 0.6) is 0 Å². The topological polar surface area (TPSA) is 64.8 Å². The lowest BCUT2D eigenvalue weighted by Gasteiger charge is -2.31. The fourth-order valence-electron chi connectivity index (χ4n) is 2.25. The molecular weight excluding hydrogens is 256 g/mol. The van der Waals surface area contributed by atoms with Crippen molar-refractivity contribution in [1.29, 1.82) is 0 Å². The van der Waals surface area contributed by atoms with E-state index in [0.29, 0.717) is 32.8 Å². The normalized spacial score (nSPS) is 16.1. The van der Waals surface area contributed by atoms with Crippen molar-refractivity contribution >= 4 is 6.09 Å². The number of carbonyl (C=O) groups excluding carboxylic acids is 1. The van der Waals surface area contributed by atoms with Gasteiger partial charge in [0.1, 0.15) is 6.61 Å². The summed E-state index contributed by atoms with van der Waals surface area (Å²) in [4.78, 5) is 13.7. The molecule has 1 saturated heterocycles. The van der Waals surface area contributed by atoms with Crippen LogP contribution < -0.4 is 5.73 Å². The monoisotopic (exact) mass is 278 g/mol. The fourth-order valence-corrected chi connectivity index (χ4v) is 2.25. The summed E-state index contributed by atoms with van der Waals surface area (Å²) >= 11 is 0. The predicted molar refractivity (Wildman–Crippen MR) is 76.2 cm³/mol. The van der Waals surface area contributed by atoms with E-state index in [4.69, 9.17) is 15.2 Å². The number of hydrogen-bond acceptors (Lipinski definition) is 4. The average Bonchev–Trinajstić information content (AvgIpc) is 2.52. The predicted octanol–water partition coefficient (Wildman–Crippen LogP) is 1.76. The van der Waals surface area contributed by atoms with Crippen LogP contribution in [0, 0.1) is 0 Å². The maximum atomic E-state index is 11.9. The van der Waals surface area contributed by atoms with Crippen LogP contribution in [0.15, 0.2) is 30.3 Å². The summed E-state index contributed by atoms with van der Waals surface area (Å²) < 4.78 is 10.9. The second-order valence-corrected chi connectivity index (χ2v) is 4.89. The summed E-state index contributed by atoms with van der Waals surface area (Å²) in [5, 5.41) is 0. The van der Waals surface area contributed by atoms with Gasteiger partial charge in [0.15, 0.2) is 0 Å². The highest BCUT2D eigenvalue weighted by molar-refractivity contribution is 5.67. The van der Waals surface area contributed by atoms with Crippen LogP contribution in [-0.2, 0) is 16.1 Å². The van der Waals surface area contributed by atoms with Gasteiger partial charge in [-0.2, -0.15) is 0 Å². The third kappa shape index (κ3) is 4.51. The molecule has 0 radical (unpaired) electrons. The smallest absolute Gasteiger partial charge is 0.410 e. The maximum Gasteiger partial charge on any atom is 0.410 e. The van der Waals surface area contributed by atoms with Gasteiger partial charge in [0, 0.05) is 19.6 Å². The number of piperidine rings is 1. The molecule has 20 heavy (non-hydrogen) atoms. The van der Waals surface area contributed by atoms with Crippen molar-refractivity contribution in [2.24, 2.45) is 5.73 Å². The van der Waals surface area contributed by atoms with Gasteiger partial charge in [-0.3, -0.25) is 0 Å². The molecule has 0 saturated carbocycles. The molecule has 0 aliphatic carbocycles. The second-order valence-electron chi connectivity index (χ2n) is 4.89. The molecule has 1 aromatic rings. The molecule has 0 atom stereocenters. The number of likely N-dealkylation sites (tertiary alicyclic amines) is 1. The number of nitrogens with zero attached hydrogens (tertiary/aromatic N) is 1. The first-order valence-corrected chi connectivity index (χ1v) is 7.07. The molecule has 5 nitrogen and oxygen atoms in total. The van der Waals surface area contributed by atoms with Gasteiger partial charge >= 0.3 is 6.09 Å². The zero-order valence-electron chi connectivity index (χ0n) is 11.7. The molecule has 0 bridgehead atoms. The van der Waals surface area contributed by atoms with Gasteiger partial charge in [-0.1, -0.05) is 30.3 Å². The lowest BCUT2D eigenvalue weighted by Crippen LogP contribution is -2.41. The van der Waals surface area contributed by atoms with E-state index < -0.39 is 0 Å². The molecule has 0 unspecified atom stereocenters. The quantitative estimate of drug-likeness (QED) is 0.891. The van der Waals surface area contributed by atoms with Gasteiger partial charge in [-0.15, -0.1) is 0 Å². The first-order chi connectivity index (χ1) is 9.79. The van der Waals surface area contributed by atoms with Gasteiger partial charge in [-0.25, -0.2) is 4.79 Å². The van der Waals surface area contributed by atoms with Crippen LogP contribution >= 0.6 is 0 Å². The Morgan fingerprint density at radius 1 is 1.25 bits per heavy atom. The molecule has 1 fully saturated rings. The van der Waals surface area contributed by atoms with Gasteiger partial charge in [0.2, 0.25) is 0 Å². The van der Waals surface area contributed by atoms with E-state index >= 15 is 0 Å². The van der Waals surface area contributed by atoms with Crippen LogP contribution in [0.2, 0.25) is 0 Å². The van der Waals surface area contributed by atoms with E-state index in [1.807, 2.05) is 30.3 Å². The van der Waals surface area contributed by atoms with Crippen LogP contribution in [0.1, 0.15) is 18.4 Å². The maximum absolute atomic E-state index is 11.9. The molecule has 2 rings (SSSR count). The number of nitrogens with two attached hydrogens (primary N) is 1. The minimum atomic E-state index is -0.244. The summed E-state index contributed by atoms with van der Waals surface area (Å²) in [6.07, 6.45) is 1.67. The Kier molecular flexibility index (Phi) is 5.83. The Hall–Kier alpha value is -1.59. The first kappa shape index (κ1) is 14.8. The van der Waals surface area contributed by atoms with Gasteiger partial charge in [0.25, 0.3) is 0 Å². The molecule has 2 N–H and O–H groups in total. The fraction of sp³-hybridized carbons (Fsp3) is 0.533. The van der Waals surface area contributed by atoms with E-state index in [9.17, 15) is 4.79 Å². The zero-order valence-corrected chi connectivity index (χ0v) is 11.7. The minimum absolute atomic E-state index is 0.219. The third-order valence-electron chi connectivity index (χ3n) is 3.38. The zero-order chi connectivity index (χ0) is 14.2. The van der Waals surface area contributed by atoms with Crippen LogP contribution in [0.3, 0.4) is 0 Å². The van der Waals surface area contributed by atoms with Gasteiger partial charge in [0.05, 0.1) is 12.7 Å². The van der Waals surface area contributed by atoms with Crippen molar-refractivity contribution in [3.05, 3.63) is 35.9 Å². The standard InChI is InChI=1S/C15H22N2O3/c16-8-11-19-14-6-9-17(10-7-14)15(18)20-12-13-4-2-1-3-5-13/h1-5,14H,6-12,16H2. The Balaban J connectivity index is 1.69. The molecule has 1 aromatic carbocycles. The Morgan fingerprint density at radius 3 is 2.60 bits per heavy atom. The summed E-state index contributed by atoms with van der Waals surface area (Å²) in [7, 11) is 0.